The highest BCUT2D eigenvalue weighted by Gasteiger charge is 2.19. The summed E-state index contributed by atoms with van der Waals surface area (Å²) in [6.07, 6.45) is 0. The molecular weight excluding hydrogens is 272 g/mol. The summed E-state index contributed by atoms with van der Waals surface area (Å²) in [6.45, 7) is 4.36. The smallest absolute Gasteiger partial charge is 0.249 e. The maximum Gasteiger partial charge on any atom is 0.249 e. The first-order valence-electron chi connectivity index (χ1n) is 6.49. The van der Waals surface area contributed by atoms with Crippen LogP contribution in [0.25, 0.3) is 0 Å². The zero-order valence-corrected chi connectivity index (χ0v) is 12.1. The van der Waals surface area contributed by atoms with Crippen molar-refractivity contribution in [2.75, 3.05) is 18.1 Å². The molecule has 5 heteroatoms. The van der Waals surface area contributed by atoms with Crippen LogP contribution >= 0.6 is 11.3 Å². The van der Waals surface area contributed by atoms with Crippen molar-refractivity contribution in [1.29, 1.82) is 0 Å². The van der Waals surface area contributed by atoms with Gasteiger partial charge in [0, 0.05) is 10.3 Å². The van der Waals surface area contributed by atoms with E-state index in [1.807, 2.05) is 11.4 Å². The molecule has 20 heavy (non-hydrogen) atoms. The van der Waals surface area contributed by atoms with Crippen LogP contribution in [0.5, 0.6) is 5.75 Å². The van der Waals surface area contributed by atoms with Crippen LogP contribution in [0.2, 0.25) is 0 Å². The van der Waals surface area contributed by atoms with Crippen LogP contribution in [0.1, 0.15) is 20.8 Å². The summed E-state index contributed by atoms with van der Waals surface area (Å²) >= 11 is 1.57. The summed E-state index contributed by atoms with van der Waals surface area (Å²) in [4.78, 5) is 14.5. The molecule has 0 radical (unpaired) electrons. The van der Waals surface area contributed by atoms with E-state index in [1.54, 1.807) is 11.3 Å². The van der Waals surface area contributed by atoms with Crippen molar-refractivity contribution >= 4 is 22.9 Å². The molecule has 0 spiro atoms. The molecule has 0 unspecified atom stereocenters. The number of aryl methyl sites for hydroxylation is 1. The van der Waals surface area contributed by atoms with E-state index < -0.39 is 0 Å². The van der Waals surface area contributed by atoms with Gasteiger partial charge in [-0.3, -0.25) is 4.79 Å². The molecule has 1 aliphatic rings. The lowest BCUT2D eigenvalue weighted by Gasteiger charge is -2.31. The molecule has 104 valence electrons. The van der Waals surface area contributed by atoms with E-state index >= 15 is 0 Å². The fourth-order valence-electron chi connectivity index (χ4n) is 2.33. The van der Waals surface area contributed by atoms with Crippen molar-refractivity contribution in [3.8, 4) is 5.75 Å². The standard InChI is InChI=1S/C15H16N2O2S/c1-10-2-3-13-14(6-10)19-5-4-17(13)8-12-7-11(9-20-12)15(16)18/h2-3,6-7,9H,4-5,8H2,1H3,(H2,16,18). The number of nitrogens with zero attached hydrogens (tertiary/aromatic N) is 1. The van der Waals surface area contributed by atoms with E-state index in [-0.39, 0.29) is 5.91 Å². The van der Waals surface area contributed by atoms with Gasteiger partial charge in [-0.15, -0.1) is 11.3 Å². The van der Waals surface area contributed by atoms with Crippen LogP contribution < -0.4 is 15.4 Å². The normalized spacial score (nSPS) is 13.8. The third-order valence-corrected chi connectivity index (χ3v) is 4.28. The Hall–Kier alpha value is -2.01. The van der Waals surface area contributed by atoms with Gasteiger partial charge >= 0.3 is 0 Å². The molecule has 0 atom stereocenters. The van der Waals surface area contributed by atoms with Gasteiger partial charge < -0.3 is 15.4 Å². The van der Waals surface area contributed by atoms with Crippen molar-refractivity contribution in [1.82, 2.24) is 0 Å². The first kappa shape index (κ1) is 13.0. The molecule has 0 saturated carbocycles. The molecule has 1 aromatic carbocycles. The van der Waals surface area contributed by atoms with E-state index in [9.17, 15) is 4.79 Å². The summed E-state index contributed by atoms with van der Waals surface area (Å²) in [5.74, 6) is 0.563. The topological polar surface area (TPSA) is 55.6 Å². The maximum absolute atomic E-state index is 11.1. The Bertz CT molecular complexity index is 651. The first-order valence-corrected chi connectivity index (χ1v) is 7.37. The average molecular weight is 288 g/mol. The van der Waals surface area contributed by atoms with Gasteiger partial charge in [-0.25, -0.2) is 0 Å². The number of benzene rings is 1. The molecular formula is C15H16N2O2S. The summed E-state index contributed by atoms with van der Waals surface area (Å²) in [5.41, 5.74) is 8.17. The minimum atomic E-state index is -0.370. The Balaban J connectivity index is 1.83. The number of carbonyl (C=O) groups is 1. The molecule has 2 N–H and O–H groups in total. The molecule has 1 amide bonds. The number of ether oxygens (including phenoxy) is 1. The minimum absolute atomic E-state index is 0.370. The molecule has 4 nitrogen and oxygen atoms in total. The Morgan fingerprint density at radius 3 is 3.05 bits per heavy atom. The van der Waals surface area contributed by atoms with E-state index in [1.165, 1.54) is 5.56 Å². The summed E-state index contributed by atoms with van der Waals surface area (Å²) in [7, 11) is 0. The largest absolute Gasteiger partial charge is 0.490 e. The first-order chi connectivity index (χ1) is 9.63. The zero-order chi connectivity index (χ0) is 14.1. The van der Waals surface area contributed by atoms with Crippen molar-refractivity contribution in [2.24, 2.45) is 5.73 Å². The van der Waals surface area contributed by atoms with Crippen LogP contribution in [0, 0.1) is 6.92 Å². The van der Waals surface area contributed by atoms with E-state index in [0.717, 1.165) is 29.4 Å². The summed E-state index contributed by atoms with van der Waals surface area (Å²) < 4.78 is 5.70. The number of thiophene rings is 1. The second-order valence-corrected chi connectivity index (χ2v) is 5.90. The number of anilines is 1. The number of nitrogens with two attached hydrogens (primary N) is 1. The lowest BCUT2D eigenvalue weighted by atomic mass is 10.1. The predicted molar refractivity (Wildman–Crippen MR) is 80.6 cm³/mol. The molecule has 2 heterocycles. The number of fused-ring (bicyclic) bond motifs is 1. The maximum atomic E-state index is 11.1. The third kappa shape index (κ3) is 2.49. The number of rotatable bonds is 3. The van der Waals surface area contributed by atoms with Gasteiger partial charge in [0.1, 0.15) is 12.4 Å². The van der Waals surface area contributed by atoms with Crippen LogP contribution in [0.3, 0.4) is 0 Å². The number of carbonyl (C=O) groups excluding carboxylic acids is 1. The van der Waals surface area contributed by atoms with E-state index in [4.69, 9.17) is 10.5 Å². The fraction of sp³-hybridized carbons (Fsp3) is 0.267. The fourth-order valence-corrected chi connectivity index (χ4v) is 3.22. The average Bonchev–Trinajstić information content (AvgIpc) is 2.87. The number of amides is 1. The molecule has 0 fully saturated rings. The zero-order valence-electron chi connectivity index (χ0n) is 11.3. The lowest BCUT2D eigenvalue weighted by molar-refractivity contribution is 0.100. The molecule has 2 aromatic rings. The predicted octanol–water partition coefficient (Wildman–Crippen LogP) is 2.55. The lowest BCUT2D eigenvalue weighted by Crippen LogP contribution is -2.31. The monoisotopic (exact) mass is 288 g/mol. The van der Waals surface area contributed by atoms with Gasteiger partial charge in [0.15, 0.2) is 0 Å². The van der Waals surface area contributed by atoms with Gasteiger partial charge in [0.2, 0.25) is 5.91 Å². The van der Waals surface area contributed by atoms with Gasteiger partial charge in [-0.2, -0.15) is 0 Å². The quantitative estimate of drug-likeness (QED) is 0.944. The van der Waals surface area contributed by atoms with Gasteiger partial charge in [-0.1, -0.05) is 6.07 Å². The number of primary amides is 1. The SMILES string of the molecule is Cc1ccc2c(c1)OCCN2Cc1cc(C(N)=O)cs1. The molecule has 0 aliphatic carbocycles. The number of hydrogen-bond donors (Lipinski definition) is 1. The Labute approximate surface area is 121 Å². The van der Waals surface area contributed by atoms with Crippen molar-refractivity contribution in [2.45, 2.75) is 13.5 Å². The number of hydrogen-bond acceptors (Lipinski definition) is 4. The molecule has 1 aromatic heterocycles. The Morgan fingerprint density at radius 2 is 2.30 bits per heavy atom. The highest BCUT2D eigenvalue weighted by Crippen LogP contribution is 2.33. The molecule has 0 saturated heterocycles. The molecule has 0 bridgehead atoms. The van der Waals surface area contributed by atoms with Crippen molar-refractivity contribution < 1.29 is 9.53 Å². The van der Waals surface area contributed by atoms with Crippen LogP contribution in [-0.2, 0) is 6.54 Å². The Kier molecular flexibility index (Phi) is 3.36. The Morgan fingerprint density at radius 1 is 1.45 bits per heavy atom. The van der Waals surface area contributed by atoms with Crippen LogP contribution in [-0.4, -0.2) is 19.1 Å². The van der Waals surface area contributed by atoms with Crippen molar-refractivity contribution in [3.05, 3.63) is 45.6 Å². The van der Waals surface area contributed by atoms with Crippen LogP contribution in [0.4, 0.5) is 5.69 Å². The van der Waals surface area contributed by atoms with Crippen molar-refractivity contribution in [3.63, 3.8) is 0 Å². The summed E-state index contributed by atoms with van der Waals surface area (Å²) in [5, 5.41) is 1.81. The molecule has 3 rings (SSSR count). The van der Waals surface area contributed by atoms with Gasteiger partial charge in [0.25, 0.3) is 0 Å². The third-order valence-electron chi connectivity index (χ3n) is 3.36. The van der Waals surface area contributed by atoms with E-state index in [0.29, 0.717) is 12.2 Å². The van der Waals surface area contributed by atoms with E-state index in [2.05, 4.69) is 30.0 Å². The van der Waals surface area contributed by atoms with Crippen LogP contribution in [0.15, 0.2) is 29.6 Å². The van der Waals surface area contributed by atoms with Gasteiger partial charge in [-0.05, 0) is 30.7 Å². The second-order valence-electron chi connectivity index (χ2n) is 4.91. The summed E-state index contributed by atoms with van der Waals surface area (Å²) in [6, 6.07) is 8.11. The highest BCUT2D eigenvalue weighted by atomic mass is 32.1. The molecule has 1 aliphatic heterocycles. The second kappa shape index (κ2) is 5.17. The minimum Gasteiger partial charge on any atom is -0.490 e. The van der Waals surface area contributed by atoms with Gasteiger partial charge in [0.05, 0.1) is 24.3 Å². The highest BCUT2D eigenvalue weighted by molar-refractivity contribution is 7.10.